The molecule has 3 amide bonds. The molecule has 1 spiro atoms. The summed E-state index contributed by atoms with van der Waals surface area (Å²) in [6.45, 7) is 0. The number of nitrogens with zero attached hydrogens (tertiary/aromatic N) is 1. The van der Waals surface area contributed by atoms with Crippen molar-refractivity contribution < 1.29 is 23.9 Å². The third-order valence-electron chi connectivity index (χ3n) is 8.86. The molecule has 4 fully saturated rings. The molecule has 8 nitrogen and oxygen atoms in total. The molecule has 2 saturated carbocycles. The fourth-order valence-corrected chi connectivity index (χ4v) is 6.94. The Hall–Kier alpha value is -3.65. The summed E-state index contributed by atoms with van der Waals surface area (Å²) in [5, 5.41) is 6.21. The van der Waals surface area contributed by atoms with Gasteiger partial charge in [0.15, 0.2) is 0 Å². The Balaban J connectivity index is 1.10. The number of hydrogen-bond donors (Lipinski definition) is 2. The molecule has 5 aliphatic rings. The third-order valence-corrected chi connectivity index (χ3v) is 8.86. The number of ether oxygens (including phenoxy) is 2. The lowest BCUT2D eigenvalue weighted by molar-refractivity contribution is -0.142. The largest absolute Gasteiger partial charge is 0.457 e. The van der Waals surface area contributed by atoms with E-state index in [2.05, 4.69) is 10.6 Å². The van der Waals surface area contributed by atoms with Gasteiger partial charge in [-0.1, -0.05) is 49.6 Å². The maximum atomic E-state index is 13.9. The number of fused-ring (bicyclic) bond motifs is 1. The first-order valence-electron chi connectivity index (χ1n) is 14.2. The summed E-state index contributed by atoms with van der Waals surface area (Å²) in [4.78, 5) is 43.0. The van der Waals surface area contributed by atoms with Crippen LogP contribution in [-0.2, 0) is 19.1 Å². The van der Waals surface area contributed by atoms with E-state index in [0.29, 0.717) is 11.4 Å². The average Bonchev–Trinajstić information content (AvgIpc) is 3.54. The number of amides is 3. The number of anilines is 1. The zero-order chi connectivity index (χ0) is 26.6. The van der Waals surface area contributed by atoms with Crippen LogP contribution in [0.4, 0.5) is 5.69 Å². The van der Waals surface area contributed by atoms with Crippen LogP contribution in [0.1, 0.15) is 44.9 Å². The SMILES string of the molecule is O=C(Nc1ccc(Oc2ccccc2)cc1)C1[C@@H]2C=CC3(O2)C(C(=O)NC2CCCCC2)N(C2CC2)C(=O)[C@H]13. The second-order valence-corrected chi connectivity index (χ2v) is 11.5. The van der Waals surface area contributed by atoms with Crippen molar-refractivity contribution in [2.45, 2.75) is 74.8 Å². The lowest BCUT2D eigenvalue weighted by Gasteiger charge is -2.34. The second-order valence-electron chi connectivity index (χ2n) is 11.5. The number of nitrogens with one attached hydrogen (secondary N) is 2. The first kappa shape index (κ1) is 24.4. The molecule has 2 aromatic carbocycles. The minimum atomic E-state index is -1.10. The molecular weight excluding hydrogens is 494 g/mol. The Morgan fingerprint density at radius 1 is 0.897 bits per heavy atom. The van der Waals surface area contributed by atoms with E-state index in [4.69, 9.17) is 9.47 Å². The number of benzene rings is 2. The predicted octanol–water partition coefficient (Wildman–Crippen LogP) is 4.18. The summed E-state index contributed by atoms with van der Waals surface area (Å²) in [6, 6.07) is 16.1. The van der Waals surface area contributed by atoms with Crippen LogP contribution < -0.4 is 15.4 Å². The van der Waals surface area contributed by atoms with Gasteiger partial charge in [-0.3, -0.25) is 14.4 Å². The Kier molecular flexibility index (Phi) is 5.95. The minimum Gasteiger partial charge on any atom is -0.457 e. The van der Waals surface area contributed by atoms with E-state index < -0.39 is 29.6 Å². The summed E-state index contributed by atoms with van der Waals surface area (Å²) in [7, 11) is 0. The number of carbonyl (C=O) groups excluding carboxylic acids is 3. The first-order chi connectivity index (χ1) is 19.0. The van der Waals surface area contributed by atoms with Gasteiger partial charge < -0.3 is 25.0 Å². The van der Waals surface area contributed by atoms with E-state index in [9.17, 15) is 14.4 Å². The quantitative estimate of drug-likeness (QED) is 0.527. The van der Waals surface area contributed by atoms with E-state index in [-0.39, 0.29) is 29.8 Å². The van der Waals surface area contributed by atoms with Gasteiger partial charge in [-0.25, -0.2) is 0 Å². The van der Waals surface area contributed by atoms with Crippen LogP contribution in [0.2, 0.25) is 0 Å². The average molecular weight is 528 g/mol. The summed E-state index contributed by atoms with van der Waals surface area (Å²) in [6.07, 6.45) is 10.3. The Labute approximate surface area is 227 Å². The standard InChI is InChI=1S/C31H33N3O5/c35-28(32-20-11-15-23(16-12-20)38-22-9-5-2-6-10-22)25-24-17-18-31(39-24)26(25)30(37)34(21-13-14-21)27(31)29(36)33-19-7-3-1-4-8-19/h2,5-6,9-12,15-19,21,24-27H,1,3-4,7-8,13-14H2,(H,32,35)(H,33,36)/t24-,25?,26-,27?,31?/m0/s1. The van der Waals surface area contributed by atoms with Crippen LogP contribution in [0.15, 0.2) is 66.7 Å². The van der Waals surface area contributed by atoms with Crippen LogP contribution in [0.5, 0.6) is 11.5 Å². The molecule has 7 rings (SSSR count). The van der Waals surface area contributed by atoms with E-state index in [1.54, 1.807) is 29.2 Å². The molecule has 2 bridgehead atoms. The lowest BCUT2D eigenvalue weighted by Crippen LogP contribution is -2.57. The van der Waals surface area contributed by atoms with Gasteiger partial charge in [0.2, 0.25) is 17.7 Å². The zero-order valence-corrected chi connectivity index (χ0v) is 21.8. The van der Waals surface area contributed by atoms with Gasteiger partial charge in [-0.2, -0.15) is 0 Å². The number of likely N-dealkylation sites (tertiary alicyclic amines) is 1. The van der Waals surface area contributed by atoms with Gasteiger partial charge in [0.05, 0.1) is 17.9 Å². The summed E-state index contributed by atoms with van der Waals surface area (Å²) in [5.41, 5.74) is -0.490. The van der Waals surface area contributed by atoms with E-state index in [1.807, 2.05) is 42.5 Å². The van der Waals surface area contributed by atoms with E-state index in [0.717, 1.165) is 44.3 Å². The molecule has 3 unspecified atom stereocenters. The van der Waals surface area contributed by atoms with E-state index in [1.165, 1.54) is 6.42 Å². The van der Waals surface area contributed by atoms with Crippen LogP contribution in [0.3, 0.4) is 0 Å². The van der Waals surface area contributed by atoms with E-state index >= 15 is 0 Å². The Morgan fingerprint density at radius 3 is 2.33 bits per heavy atom. The fraction of sp³-hybridized carbons (Fsp3) is 0.452. The molecule has 3 aliphatic heterocycles. The highest BCUT2D eigenvalue weighted by Crippen LogP contribution is 2.57. The number of rotatable bonds is 7. The molecule has 2 N–H and O–H groups in total. The van der Waals surface area contributed by atoms with Crippen LogP contribution in [-0.4, -0.2) is 52.5 Å². The fourth-order valence-electron chi connectivity index (χ4n) is 6.94. The van der Waals surface area contributed by atoms with Gasteiger partial charge in [-0.15, -0.1) is 0 Å². The second kappa shape index (κ2) is 9.52. The van der Waals surface area contributed by atoms with Gasteiger partial charge in [0.25, 0.3) is 0 Å². The number of para-hydroxylation sites is 1. The number of hydrogen-bond acceptors (Lipinski definition) is 5. The summed E-state index contributed by atoms with van der Waals surface area (Å²) >= 11 is 0. The molecule has 0 radical (unpaired) electrons. The molecule has 8 heteroatoms. The van der Waals surface area contributed by atoms with Crippen molar-refractivity contribution in [1.82, 2.24) is 10.2 Å². The van der Waals surface area contributed by atoms with Crippen molar-refractivity contribution in [2.24, 2.45) is 11.8 Å². The lowest BCUT2D eigenvalue weighted by atomic mass is 9.74. The summed E-state index contributed by atoms with van der Waals surface area (Å²) in [5.74, 6) is -0.586. The van der Waals surface area contributed by atoms with Crippen LogP contribution >= 0.6 is 0 Å². The predicted molar refractivity (Wildman–Crippen MR) is 144 cm³/mol. The third kappa shape index (κ3) is 4.22. The molecule has 2 aromatic rings. The molecular formula is C31H33N3O5. The highest BCUT2D eigenvalue weighted by atomic mass is 16.5. The van der Waals surface area contributed by atoms with Gasteiger partial charge >= 0.3 is 0 Å². The van der Waals surface area contributed by atoms with Crippen molar-refractivity contribution in [3.05, 3.63) is 66.7 Å². The van der Waals surface area contributed by atoms with Crippen molar-refractivity contribution in [1.29, 1.82) is 0 Å². The van der Waals surface area contributed by atoms with Gasteiger partial charge in [-0.05, 0) is 62.1 Å². The normalized spacial score (nSPS) is 31.3. The minimum absolute atomic E-state index is 0.0384. The van der Waals surface area contributed by atoms with Crippen LogP contribution in [0, 0.1) is 11.8 Å². The molecule has 0 aromatic heterocycles. The first-order valence-corrected chi connectivity index (χ1v) is 14.2. The molecule has 5 atom stereocenters. The van der Waals surface area contributed by atoms with Crippen molar-refractivity contribution >= 4 is 23.4 Å². The smallest absolute Gasteiger partial charge is 0.246 e. The highest BCUT2D eigenvalue weighted by molar-refractivity contribution is 6.03. The zero-order valence-electron chi connectivity index (χ0n) is 21.8. The Bertz CT molecular complexity index is 1300. The monoisotopic (exact) mass is 527 g/mol. The highest BCUT2D eigenvalue weighted by Gasteiger charge is 2.74. The maximum absolute atomic E-state index is 13.9. The van der Waals surface area contributed by atoms with Crippen molar-refractivity contribution in [3.8, 4) is 11.5 Å². The molecule has 3 heterocycles. The van der Waals surface area contributed by atoms with Gasteiger partial charge in [0, 0.05) is 17.8 Å². The topological polar surface area (TPSA) is 97.0 Å². The van der Waals surface area contributed by atoms with Crippen molar-refractivity contribution in [3.63, 3.8) is 0 Å². The van der Waals surface area contributed by atoms with Gasteiger partial charge in [0.1, 0.15) is 23.1 Å². The molecule has 2 saturated heterocycles. The van der Waals surface area contributed by atoms with Crippen molar-refractivity contribution in [2.75, 3.05) is 5.32 Å². The molecule has 2 aliphatic carbocycles. The molecule has 39 heavy (non-hydrogen) atoms. The number of carbonyl (C=O) groups is 3. The maximum Gasteiger partial charge on any atom is 0.246 e. The summed E-state index contributed by atoms with van der Waals surface area (Å²) < 4.78 is 12.3. The van der Waals surface area contributed by atoms with Crippen LogP contribution in [0.25, 0.3) is 0 Å². The Morgan fingerprint density at radius 2 is 1.62 bits per heavy atom. The molecule has 202 valence electrons.